The zero-order valence-corrected chi connectivity index (χ0v) is 12.9. The Morgan fingerprint density at radius 1 is 1.25 bits per heavy atom. The van der Waals surface area contributed by atoms with E-state index in [0.29, 0.717) is 17.6 Å². The molecule has 3 rings (SSSR count). The normalized spacial score (nSPS) is 27.8. The minimum absolute atomic E-state index is 0.411. The van der Waals surface area contributed by atoms with Crippen LogP contribution in [0.25, 0.3) is 0 Å². The van der Waals surface area contributed by atoms with E-state index in [4.69, 9.17) is 0 Å². The summed E-state index contributed by atoms with van der Waals surface area (Å²) in [6, 6.07) is 12.3. The van der Waals surface area contributed by atoms with Gasteiger partial charge in [-0.15, -0.1) is 0 Å². The molecule has 0 bridgehead atoms. The predicted molar refractivity (Wildman–Crippen MR) is 84.8 cm³/mol. The average Bonchev–Trinajstić information content (AvgIpc) is 2.93. The quantitative estimate of drug-likeness (QED) is 0.901. The standard InChI is InChI=1S/C18H28N2/c1-3-17(16-9-5-4-6-10-16)20-14-18(11-7-8-12-18)19-13-15(20)2/h4-6,9-10,15,17,19H,3,7-8,11-14H2,1-2H3. The molecule has 1 saturated carbocycles. The van der Waals surface area contributed by atoms with Crippen molar-refractivity contribution in [1.82, 2.24) is 10.2 Å². The monoisotopic (exact) mass is 272 g/mol. The molecule has 2 fully saturated rings. The number of piperazine rings is 1. The van der Waals surface area contributed by atoms with Gasteiger partial charge in [0.1, 0.15) is 0 Å². The molecule has 0 radical (unpaired) electrons. The van der Waals surface area contributed by atoms with Gasteiger partial charge in [-0.3, -0.25) is 4.90 Å². The molecule has 1 aromatic rings. The Morgan fingerprint density at radius 3 is 2.60 bits per heavy atom. The Balaban J connectivity index is 1.82. The van der Waals surface area contributed by atoms with Gasteiger partial charge in [0.25, 0.3) is 0 Å². The molecule has 2 aliphatic rings. The van der Waals surface area contributed by atoms with Gasteiger partial charge in [0, 0.05) is 30.7 Å². The van der Waals surface area contributed by atoms with Gasteiger partial charge in [0.15, 0.2) is 0 Å². The molecular formula is C18H28N2. The molecule has 1 spiro atoms. The number of hydrogen-bond acceptors (Lipinski definition) is 2. The molecule has 1 heterocycles. The summed E-state index contributed by atoms with van der Waals surface area (Å²) in [7, 11) is 0. The van der Waals surface area contributed by atoms with Crippen LogP contribution in [0.15, 0.2) is 30.3 Å². The van der Waals surface area contributed by atoms with Gasteiger partial charge in [0.2, 0.25) is 0 Å². The fourth-order valence-electron chi connectivity index (χ4n) is 4.18. The number of nitrogens with zero attached hydrogens (tertiary/aromatic N) is 1. The molecule has 110 valence electrons. The van der Waals surface area contributed by atoms with Crippen molar-refractivity contribution in [3.63, 3.8) is 0 Å². The first-order valence-electron chi connectivity index (χ1n) is 8.30. The van der Waals surface area contributed by atoms with Gasteiger partial charge in [0.05, 0.1) is 0 Å². The van der Waals surface area contributed by atoms with Crippen molar-refractivity contribution in [3.05, 3.63) is 35.9 Å². The second kappa shape index (κ2) is 5.87. The maximum absolute atomic E-state index is 3.86. The summed E-state index contributed by atoms with van der Waals surface area (Å²) in [5.74, 6) is 0. The van der Waals surface area contributed by atoms with Gasteiger partial charge in [-0.25, -0.2) is 0 Å². The largest absolute Gasteiger partial charge is 0.308 e. The lowest BCUT2D eigenvalue weighted by molar-refractivity contribution is 0.0481. The predicted octanol–water partition coefficient (Wildman–Crippen LogP) is 3.74. The number of hydrogen-bond donors (Lipinski definition) is 1. The van der Waals surface area contributed by atoms with Crippen LogP contribution < -0.4 is 5.32 Å². The molecule has 2 atom stereocenters. The number of rotatable bonds is 3. The molecule has 1 saturated heterocycles. The zero-order valence-electron chi connectivity index (χ0n) is 12.9. The van der Waals surface area contributed by atoms with Gasteiger partial charge in [-0.05, 0) is 31.7 Å². The Labute approximate surface area is 123 Å². The van der Waals surface area contributed by atoms with Crippen LogP contribution in [0.3, 0.4) is 0 Å². The molecular weight excluding hydrogens is 244 g/mol. The Hall–Kier alpha value is -0.860. The Kier molecular flexibility index (Phi) is 4.13. The third-order valence-corrected chi connectivity index (χ3v) is 5.36. The van der Waals surface area contributed by atoms with E-state index in [1.807, 2.05) is 0 Å². The summed E-state index contributed by atoms with van der Waals surface area (Å²) in [5, 5.41) is 3.86. The zero-order chi connectivity index (χ0) is 14.0. The van der Waals surface area contributed by atoms with Crippen LogP contribution in [0, 0.1) is 0 Å². The highest BCUT2D eigenvalue weighted by Crippen LogP contribution is 2.37. The van der Waals surface area contributed by atoms with E-state index in [0.717, 1.165) is 6.54 Å². The van der Waals surface area contributed by atoms with Crippen LogP contribution in [-0.2, 0) is 0 Å². The highest BCUT2D eigenvalue weighted by molar-refractivity contribution is 5.20. The molecule has 0 amide bonds. The van der Waals surface area contributed by atoms with Crippen LogP contribution in [0.5, 0.6) is 0 Å². The fraction of sp³-hybridized carbons (Fsp3) is 0.667. The number of benzene rings is 1. The van der Waals surface area contributed by atoms with E-state index in [1.54, 1.807) is 0 Å². The maximum atomic E-state index is 3.86. The third kappa shape index (κ3) is 2.64. The minimum Gasteiger partial charge on any atom is -0.308 e. The van der Waals surface area contributed by atoms with E-state index >= 15 is 0 Å². The van der Waals surface area contributed by atoms with Crippen LogP contribution in [0.2, 0.25) is 0 Å². The Morgan fingerprint density at radius 2 is 1.95 bits per heavy atom. The SMILES string of the molecule is CCC(c1ccccc1)N1CC2(CCCC2)NCC1C. The molecule has 1 aliphatic heterocycles. The highest BCUT2D eigenvalue weighted by atomic mass is 15.3. The second-order valence-corrected chi connectivity index (χ2v) is 6.72. The fourth-order valence-corrected chi connectivity index (χ4v) is 4.18. The van der Waals surface area contributed by atoms with Crippen LogP contribution in [0.4, 0.5) is 0 Å². The first kappa shape index (κ1) is 14.1. The summed E-state index contributed by atoms with van der Waals surface area (Å²) < 4.78 is 0. The van der Waals surface area contributed by atoms with E-state index in [2.05, 4.69) is 54.4 Å². The van der Waals surface area contributed by atoms with Crippen molar-refractivity contribution in [2.75, 3.05) is 13.1 Å². The van der Waals surface area contributed by atoms with E-state index in [-0.39, 0.29) is 0 Å². The molecule has 1 aromatic carbocycles. The van der Waals surface area contributed by atoms with Gasteiger partial charge >= 0.3 is 0 Å². The van der Waals surface area contributed by atoms with Gasteiger partial charge < -0.3 is 5.32 Å². The summed E-state index contributed by atoms with van der Waals surface area (Å²) in [5.41, 5.74) is 1.89. The summed E-state index contributed by atoms with van der Waals surface area (Å²) >= 11 is 0. The molecule has 2 nitrogen and oxygen atoms in total. The molecule has 2 unspecified atom stereocenters. The summed E-state index contributed by atoms with van der Waals surface area (Å²) in [4.78, 5) is 2.76. The second-order valence-electron chi connectivity index (χ2n) is 6.72. The van der Waals surface area contributed by atoms with Crippen LogP contribution >= 0.6 is 0 Å². The van der Waals surface area contributed by atoms with Crippen molar-refractivity contribution >= 4 is 0 Å². The molecule has 1 aliphatic carbocycles. The van der Waals surface area contributed by atoms with E-state index in [9.17, 15) is 0 Å². The van der Waals surface area contributed by atoms with Crippen molar-refractivity contribution in [1.29, 1.82) is 0 Å². The lowest BCUT2D eigenvalue weighted by Gasteiger charge is -2.48. The first-order chi connectivity index (χ1) is 9.74. The lowest BCUT2D eigenvalue weighted by atomic mass is 9.89. The molecule has 2 heteroatoms. The molecule has 1 N–H and O–H groups in total. The average molecular weight is 272 g/mol. The van der Waals surface area contributed by atoms with E-state index < -0.39 is 0 Å². The van der Waals surface area contributed by atoms with Crippen molar-refractivity contribution in [2.24, 2.45) is 0 Å². The molecule has 0 aromatic heterocycles. The lowest BCUT2D eigenvalue weighted by Crippen LogP contribution is -2.62. The maximum Gasteiger partial charge on any atom is 0.0349 e. The van der Waals surface area contributed by atoms with Crippen molar-refractivity contribution < 1.29 is 0 Å². The van der Waals surface area contributed by atoms with Crippen molar-refractivity contribution in [3.8, 4) is 0 Å². The summed E-state index contributed by atoms with van der Waals surface area (Å²) in [6.45, 7) is 7.07. The number of nitrogens with one attached hydrogen (secondary N) is 1. The first-order valence-corrected chi connectivity index (χ1v) is 8.30. The van der Waals surface area contributed by atoms with Crippen LogP contribution in [-0.4, -0.2) is 29.6 Å². The minimum atomic E-state index is 0.411. The highest BCUT2D eigenvalue weighted by Gasteiger charge is 2.41. The molecule has 20 heavy (non-hydrogen) atoms. The summed E-state index contributed by atoms with van der Waals surface area (Å²) in [6.07, 6.45) is 6.72. The van der Waals surface area contributed by atoms with Crippen molar-refractivity contribution in [2.45, 2.75) is 63.6 Å². The topological polar surface area (TPSA) is 15.3 Å². The van der Waals surface area contributed by atoms with Gasteiger partial charge in [-0.1, -0.05) is 50.1 Å². The van der Waals surface area contributed by atoms with Gasteiger partial charge in [-0.2, -0.15) is 0 Å². The third-order valence-electron chi connectivity index (χ3n) is 5.36. The Bertz CT molecular complexity index is 422. The van der Waals surface area contributed by atoms with E-state index in [1.165, 1.54) is 44.2 Å². The smallest absolute Gasteiger partial charge is 0.0349 e. The van der Waals surface area contributed by atoms with Crippen LogP contribution in [0.1, 0.15) is 57.6 Å².